The fourth-order valence-corrected chi connectivity index (χ4v) is 0.411. The molecule has 11 heavy (non-hydrogen) atoms. The third-order valence-electron chi connectivity index (χ3n) is 0.653. The monoisotopic (exact) mass is 387 g/mol. The van der Waals surface area contributed by atoms with Crippen LogP contribution in [0.15, 0.2) is 0 Å². The van der Waals surface area contributed by atoms with Gasteiger partial charge in [0.15, 0.2) is 11.2 Å². The molecule has 3 N–H and O–H groups in total. The first-order chi connectivity index (χ1) is 4.04. The van der Waals surface area contributed by atoms with Crippen molar-refractivity contribution in [2.45, 2.75) is 12.5 Å². The van der Waals surface area contributed by atoms with E-state index >= 15 is 0 Å². The van der Waals surface area contributed by atoms with Gasteiger partial charge in [-0.2, -0.15) is 0 Å². The van der Waals surface area contributed by atoms with Gasteiger partial charge in [0, 0.05) is 22.4 Å². The minimum absolute atomic E-state index is 0. The molecule has 0 aromatic rings. The van der Waals surface area contributed by atoms with Crippen LogP contribution in [0, 0.1) is 0 Å². The zero-order valence-electron chi connectivity index (χ0n) is 4.74. The third-order valence-corrected chi connectivity index (χ3v) is 0.820. The molecule has 4 nitrogen and oxygen atoms in total. The van der Waals surface area contributed by atoms with E-state index in [0.29, 0.717) is 0 Å². The van der Waals surface area contributed by atoms with E-state index < -0.39 is 17.1 Å². The normalized spacial score (nSPS) is 10.3. The Morgan fingerprint density at radius 1 is 1.45 bits per heavy atom. The van der Waals surface area contributed by atoms with Gasteiger partial charge < -0.3 is 15.3 Å². The Morgan fingerprint density at radius 2 is 1.82 bits per heavy atom. The number of carbonyl (C=O) groups is 1. The summed E-state index contributed by atoms with van der Waals surface area (Å²) in [7, 11) is 0. The van der Waals surface area contributed by atoms with Crippen molar-refractivity contribution in [3.05, 3.63) is 0 Å². The van der Waals surface area contributed by atoms with E-state index in [0.717, 1.165) is 0 Å². The van der Waals surface area contributed by atoms with Crippen LogP contribution in [0.1, 0.15) is 6.42 Å². The molecule has 0 bridgehead atoms. The molecule has 0 aromatic carbocycles. The second-order valence-corrected chi connectivity index (χ2v) is 1.92. The summed E-state index contributed by atoms with van der Waals surface area (Å²) < 4.78 is 0. The molecule has 0 heterocycles. The van der Waals surface area contributed by atoms with Crippen LogP contribution in [0.5, 0.6) is 0 Å². The number of rotatable bonds is 3. The molecule has 0 amide bonds. The van der Waals surface area contributed by atoms with Gasteiger partial charge in [0.05, 0.1) is 6.42 Å². The average molecular weight is 387 g/mol. The minimum atomic E-state index is -1.58. The Labute approximate surface area is 127 Å². The van der Waals surface area contributed by atoms with Gasteiger partial charge in [-0.25, -0.2) is 4.79 Å². The van der Waals surface area contributed by atoms with Crippen LogP contribution in [0.4, 0.5) is 0 Å². The van der Waals surface area contributed by atoms with Crippen LogP contribution in [0.25, 0.3) is 0 Å². The topological polar surface area (TPSA) is 77.8 Å². The Bertz CT molecular complexity index is 142. The number of carboxylic acids is 1. The molecule has 0 fully saturated rings. The van der Waals surface area contributed by atoms with E-state index in [1.807, 2.05) is 0 Å². The molecule has 65 valence electrons. The summed E-state index contributed by atoms with van der Waals surface area (Å²) in [4.78, 5) is 9.81. The molecular weight excluding hydrogens is 380 g/mol. The molecule has 0 saturated carbocycles. The van der Waals surface area contributed by atoms with Crippen LogP contribution in [0.2, 0.25) is 0 Å². The van der Waals surface area contributed by atoms with Gasteiger partial charge in [-0.3, -0.25) is 0 Å². The standard InChI is InChI=1S/C4H6O4S.Au.K.H/c5-2(4(7)8)1-3(6)9;;;/h2,5H,1H2,(H,6,9)(H,7,8);;;. The molecule has 0 spiro atoms. The van der Waals surface area contributed by atoms with Crippen molar-refractivity contribution >= 4 is 74.6 Å². The van der Waals surface area contributed by atoms with Crippen LogP contribution >= 0.6 is 12.2 Å². The average Bonchev–Trinajstić information content (AvgIpc) is 1.63. The van der Waals surface area contributed by atoms with E-state index in [9.17, 15) is 4.79 Å². The number of thiocarbonyl (C=S) groups is 1. The molecule has 0 aliphatic rings. The predicted molar refractivity (Wildman–Crippen MR) is 40.6 cm³/mol. The molecule has 1 unspecified atom stereocenters. The Kier molecular flexibility index (Phi) is 16.4. The second-order valence-electron chi connectivity index (χ2n) is 1.45. The van der Waals surface area contributed by atoms with Crippen molar-refractivity contribution < 1.29 is 42.5 Å². The first-order valence-corrected chi connectivity index (χ1v) is 2.57. The summed E-state index contributed by atoms with van der Waals surface area (Å²) in [6, 6.07) is 0. The number of carboxylic acid groups (broad SMARTS) is 1. The summed E-state index contributed by atoms with van der Waals surface area (Å²) in [6.45, 7) is 0. The first-order valence-electron chi connectivity index (χ1n) is 2.16. The summed E-state index contributed by atoms with van der Waals surface area (Å²) in [6.07, 6.45) is -1.97. The van der Waals surface area contributed by atoms with Crippen molar-refractivity contribution in [3.63, 3.8) is 0 Å². The van der Waals surface area contributed by atoms with Crippen LogP contribution in [-0.2, 0) is 27.2 Å². The molecule has 0 aliphatic carbocycles. The van der Waals surface area contributed by atoms with E-state index in [1.54, 1.807) is 0 Å². The Balaban J connectivity index is -0.000000320. The van der Waals surface area contributed by atoms with E-state index in [-0.39, 0.29) is 80.2 Å². The molecule has 1 atom stereocenters. The van der Waals surface area contributed by atoms with Gasteiger partial charge in [-0.05, 0) is 12.2 Å². The number of hydrogen-bond donors (Lipinski definition) is 3. The summed E-state index contributed by atoms with van der Waals surface area (Å²) in [5, 5.41) is 24.2. The van der Waals surface area contributed by atoms with Gasteiger partial charge in [0.25, 0.3) is 0 Å². The Hall–Kier alpha value is 1.70. The fourth-order valence-electron chi connectivity index (χ4n) is 0.253. The van der Waals surface area contributed by atoms with Crippen molar-refractivity contribution in [2.75, 3.05) is 0 Å². The number of aliphatic hydroxyl groups excluding tert-OH is 2. The number of aliphatic carboxylic acids is 1. The molecule has 1 radical (unpaired) electrons. The SMILES string of the molecule is O=C(O)C(O)CC(O)=S.[Au].[KH]. The van der Waals surface area contributed by atoms with Gasteiger partial charge in [-0.15, -0.1) is 0 Å². The van der Waals surface area contributed by atoms with Gasteiger partial charge in [-0.1, -0.05) is 0 Å². The molecule has 0 rings (SSSR count). The van der Waals surface area contributed by atoms with Crippen molar-refractivity contribution in [1.82, 2.24) is 0 Å². The second kappa shape index (κ2) is 9.78. The van der Waals surface area contributed by atoms with Crippen molar-refractivity contribution in [2.24, 2.45) is 0 Å². The van der Waals surface area contributed by atoms with Gasteiger partial charge in [0.1, 0.15) is 0 Å². The van der Waals surface area contributed by atoms with Gasteiger partial charge in [0.2, 0.25) is 0 Å². The van der Waals surface area contributed by atoms with Crippen LogP contribution < -0.4 is 0 Å². The summed E-state index contributed by atoms with van der Waals surface area (Å²) in [5.41, 5.74) is 0. The van der Waals surface area contributed by atoms with Crippen LogP contribution in [0.3, 0.4) is 0 Å². The quantitative estimate of drug-likeness (QED) is 0.431. The van der Waals surface area contributed by atoms with Crippen molar-refractivity contribution in [3.8, 4) is 0 Å². The molecule has 7 heteroatoms. The van der Waals surface area contributed by atoms with Gasteiger partial charge >= 0.3 is 57.4 Å². The number of hydrogen-bond acceptors (Lipinski definition) is 3. The van der Waals surface area contributed by atoms with E-state index in [4.69, 9.17) is 15.3 Å². The first kappa shape index (κ1) is 18.5. The Morgan fingerprint density at radius 3 is 1.91 bits per heavy atom. The zero-order valence-corrected chi connectivity index (χ0v) is 7.73. The van der Waals surface area contributed by atoms with Crippen LogP contribution in [-0.4, -0.2) is 83.8 Å². The molecule has 0 aromatic heterocycles. The van der Waals surface area contributed by atoms with E-state index in [1.165, 1.54) is 0 Å². The maximum absolute atomic E-state index is 9.81. The molecule has 0 saturated heterocycles. The fraction of sp³-hybridized carbons (Fsp3) is 0.500. The maximum atomic E-state index is 9.81. The van der Waals surface area contributed by atoms with Crippen molar-refractivity contribution in [1.29, 1.82) is 0 Å². The summed E-state index contributed by atoms with van der Waals surface area (Å²) >= 11 is 4.12. The zero-order chi connectivity index (χ0) is 7.44. The predicted octanol–water partition coefficient (Wildman–Crippen LogP) is -0.944. The number of aliphatic hydroxyl groups is 2. The molecule has 0 aliphatic heterocycles. The van der Waals surface area contributed by atoms with E-state index in [2.05, 4.69) is 12.2 Å². The summed E-state index contributed by atoms with van der Waals surface area (Å²) in [5.74, 6) is -1.38. The third kappa shape index (κ3) is 11.7. The molecular formula is C4H7AuKO4S.